The second-order valence-electron chi connectivity index (χ2n) is 6.46. The van der Waals surface area contributed by atoms with Crippen molar-refractivity contribution < 1.29 is 34.0 Å². The van der Waals surface area contributed by atoms with Crippen LogP contribution in [0.25, 0.3) is 0 Å². The van der Waals surface area contributed by atoms with E-state index in [0.29, 0.717) is 11.1 Å². The van der Waals surface area contributed by atoms with Crippen molar-refractivity contribution in [2.75, 3.05) is 12.9 Å². The molecule has 7 nitrogen and oxygen atoms in total. The highest BCUT2D eigenvalue weighted by Crippen LogP contribution is 2.30. The number of thioether (sulfide) groups is 1. The lowest BCUT2D eigenvalue weighted by atomic mass is 10.00. The lowest BCUT2D eigenvalue weighted by Gasteiger charge is -2.41. The fourth-order valence-corrected chi connectivity index (χ4v) is 3.68. The Morgan fingerprint density at radius 3 is 2.03 bits per heavy atom. The van der Waals surface area contributed by atoms with E-state index in [1.165, 1.54) is 11.8 Å². The summed E-state index contributed by atoms with van der Waals surface area (Å²) in [6.45, 7) is -0.248. The Morgan fingerprint density at radius 2 is 1.48 bits per heavy atom. The number of aliphatic hydroxyl groups excluding tert-OH is 2. The number of hydrogen-bond donors (Lipinski definition) is 2. The van der Waals surface area contributed by atoms with E-state index >= 15 is 0 Å². The average molecular weight is 418 g/mol. The zero-order valence-electron chi connectivity index (χ0n) is 15.7. The SMILES string of the molecule is CS[C@@H]1O[C@H](COC(=O)c2ccccc2)[C@H](O)[C@H](O)[C@H]1OC(=O)c1ccccc1. The molecule has 2 aromatic rings. The van der Waals surface area contributed by atoms with Crippen molar-refractivity contribution in [3.63, 3.8) is 0 Å². The molecule has 5 atom stereocenters. The van der Waals surface area contributed by atoms with Gasteiger partial charge >= 0.3 is 11.9 Å². The van der Waals surface area contributed by atoms with Crippen LogP contribution in [0.1, 0.15) is 20.7 Å². The molecule has 1 aliphatic rings. The maximum absolute atomic E-state index is 12.3. The molecule has 29 heavy (non-hydrogen) atoms. The summed E-state index contributed by atoms with van der Waals surface area (Å²) in [7, 11) is 0. The number of carbonyl (C=O) groups excluding carboxylic acids is 2. The molecule has 2 N–H and O–H groups in total. The van der Waals surface area contributed by atoms with Gasteiger partial charge in [0.15, 0.2) is 6.10 Å². The minimum Gasteiger partial charge on any atom is -0.459 e. The van der Waals surface area contributed by atoms with E-state index in [2.05, 4.69) is 0 Å². The Balaban J connectivity index is 1.63. The van der Waals surface area contributed by atoms with Crippen molar-refractivity contribution in [3.8, 4) is 0 Å². The smallest absolute Gasteiger partial charge is 0.338 e. The van der Waals surface area contributed by atoms with Crippen LogP contribution in [0.15, 0.2) is 60.7 Å². The molecular formula is C21H22O7S. The molecular weight excluding hydrogens is 396 g/mol. The van der Waals surface area contributed by atoms with Crippen molar-refractivity contribution in [1.29, 1.82) is 0 Å². The first kappa shape index (κ1) is 21.3. The number of esters is 2. The molecule has 1 saturated heterocycles. The summed E-state index contributed by atoms with van der Waals surface area (Å²) in [4.78, 5) is 24.4. The van der Waals surface area contributed by atoms with Crippen molar-refractivity contribution in [2.24, 2.45) is 0 Å². The van der Waals surface area contributed by atoms with E-state index in [0.717, 1.165) is 0 Å². The maximum atomic E-state index is 12.3. The molecule has 0 bridgehead atoms. The molecule has 1 heterocycles. The van der Waals surface area contributed by atoms with Crippen molar-refractivity contribution in [3.05, 3.63) is 71.8 Å². The van der Waals surface area contributed by atoms with Gasteiger partial charge in [0.05, 0.1) is 11.1 Å². The van der Waals surface area contributed by atoms with Gasteiger partial charge in [0.2, 0.25) is 0 Å². The summed E-state index contributed by atoms with van der Waals surface area (Å²) < 4.78 is 16.4. The van der Waals surface area contributed by atoms with Crippen molar-refractivity contribution >= 4 is 23.7 Å². The molecule has 0 aromatic heterocycles. The Morgan fingerprint density at radius 1 is 0.931 bits per heavy atom. The van der Waals surface area contributed by atoms with E-state index in [9.17, 15) is 19.8 Å². The van der Waals surface area contributed by atoms with Gasteiger partial charge in [-0.05, 0) is 30.5 Å². The first-order chi connectivity index (χ1) is 14.0. The summed E-state index contributed by atoms with van der Waals surface area (Å²) >= 11 is 1.22. The van der Waals surface area contributed by atoms with Crippen molar-refractivity contribution in [1.82, 2.24) is 0 Å². The van der Waals surface area contributed by atoms with Gasteiger partial charge in [0.25, 0.3) is 0 Å². The Bertz CT molecular complexity index is 810. The van der Waals surface area contributed by atoms with Crippen LogP contribution in [0.3, 0.4) is 0 Å². The van der Waals surface area contributed by atoms with Gasteiger partial charge in [-0.15, -0.1) is 11.8 Å². The molecule has 0 aliphatic carbocycles. The number of rotatable bonds is 6. The van der Waals surface area contributed by atoms with Gasteiger partial charge in [-0.3, -0.25) is 0 Å². The van der Waals surface area contributed by atoms with Crippen molar-refractivity contribution in [2.45, 2.75) is 29.9 Å². The lowest BCUT2D eigenvalue weighted by Crippen LogP contribution is -2.59. The topological polar surface area (TPSA) is 102 Å². The summed E-state index contributed by atoms with van der Waals surface area (Å²) in [6.07, 6.45) is -3.09. The van der Waals surface area contributed by atoms with Crippen LogP contribution in [-0.4, -0.2) is 64.9 Å². The number of ether oxygens (including phenoxy) is 3. The zero-order valence-corrected chi connectivity index (χ0v) is 16.5. The molecule has 1 aliphatic heterocycles. The molecule has 0 unspecified atom stereocenters. The van der Waals surface area contributed by atoms with Gasteiger partial charge < -0.3 is 24.4 Å². The summed E-state index contributed by atoms with van der Waals surface area (Å²) in [5.74, 6) is -1.19. The largest absolute Gasteiger partial charge is 0.459 e. The molecule has 0 spiro atoms. The highest BCUT2D eigenvalue weighted by molar-refractivity contribution is 7.99. The number of carbonyl (C=O) groups is 2. The van der Waals surface area contributed by atoms with E-state index in [1.807, 2.05) is 0 Å². The molecule has 3 rings (SSSR count). The van der Waals surface area contributed by atoms with Gasteiger partial charge in [0.1, 0.15) is 30.4 Å². The van der Waals surface area contributed by atoms with Crippen LogP contribution in [0.2, 0.25) is 0 Å². The second kappa shape index (κ2) is 9.89. The number of hydrogen-bond acceptors (Lipinski definition) is 8. The Hall–Kier alpha value is -2.39. The normalized spacial score (nSPS) is 26.5. The van der Waals surface area contributed by atoms with Crippen LogP contribution in [0, 0.1) is 0 Å². The third kappa shape index (κ3) is 5.16. The number of benzene rings is 2. The summed E-state index contributed by atoms with van der Waals surface area (Å²) in [6, 6.07) is 16.8. The lowest BCUT2D eigenvalue weighted by molar-refractivity contribution is -0.206. The minimum absolute atomic E-state index is 0.248. The first-order valence-electron chi connectivity index (χ1n) is 9.04. The molecule has 2 aromatic carbocycles. The second-order valence-corrected chi connectivity index (χ2v) is 7.40. The summed E-state index contributed by atoms with van der Waals surface area (Å²) in [5, 5.41) is 20.9. The molecule has 0 amide bonds. The van der Waals surface area contributed by atoms with Crippen LogP contribution >= 0.6 is 11.8 Å². The third-order valence-corrected chi connectivity index (χ3v) is 5.36. The van der Waals surface area contributed by atoms with Gasteiger partial charge in [-0.25, -0.2) is 9.59 Å². The van der Waals surface area contributed by atoms with Gasteiger partial charge in [0, 0.05) is 0 Å². The average Bonchev–Trinajstić information content (AvgIpc) is 2.77. The van der Waals surface area contributed by atoms with Gasteiger partial charge in [-0.2, -0.15) is 0 Å². The van der Waals surface area contributed by atoms with E-state index in [1.54, 1.807) is 66.9 Å². The van der Waals surface area contributed by atoms with E-state index < -0.39 is 41.8 Å². The Kier molecular flexibility index (Phi) is 7.27. The van der Waals surface area contributed by atoms with Gasteiger partial charge in [-0.1, -0.05) is 36.4 Å². The molecule has 0 saturated carbocycles. The highest BCUT2D eigenvalue weighted by atomic mass is 32.2. The fourth-order valence-electron chi connectivity index (χ4n) is 2.94. The van der Waals surface area contributed by atoms with Crippen LogP contribution in [0.5, 0.6) is 0 Å². The van der Waals surface area contributed by atoms with Crippen LogP contribution in [-0.2, 0) is 14.2 Å². The van der Waals surface area contributed by atoms with Crippen LogP contribution < -0.4 is 0 Å². The van der Waals surface area contributed by atoms with E-state index in [4.69, 9.17) is 14.2 Å². The molecule has 154 valence electrons. The minimum atomic E-state index is -1.39. The molecule has 8 heteroatoms. The summed E-state index contributed by atoms with van der Waals surface area (Å²) in [5.41, 5.74) is -0.0381. The fraction of sp³-hybridized carbons (Fsp3) is 0.333. The first-order valence-corrected chi connectivity index (χ1v) is 10.3. The zero-order chi connectivity index (χ0) is 20.8. The molecule has 0 radical (unpaired) electrons. The molecule has 1 fully saturated rings. The quantitative estimate of drug-likeness (QED) is 0.686. The predicted octanol–water partition coefficient (Wildman–Crippen LogP) is 1.88. The third-order valence-electron chi connectivity index (χ3n) is 4.52. The van der Waals surface area contributed by atoms with Crippen LogP contribution in [0.4, 0.5) is 0 Å². The highest BCUT2D eigenvalue weighted by Gasteiger charge is 2.47. The Labute approximate surface area is 172 Å². The maximum Gasteiger partial charge on any atom is 0.338 e. The van der Waals surface area contributed by atoms with E-state index in [-0.39, 0.29) is 6.61 Å². The standard InChI is InChI=1S/C21H22O7S/c1-29-21-18(28-20(25)14-10-6-3-7-11-14)17(23)16(22)15(27-21)12-26-19(24)13-8-4-2-5-9-13/h2-11,15-18,21-23H,12H2,1H3/t15-,16+,17+,18-,21+/m1/s1. The monoisotopic (exact) mass is 418 g/mol. The number of aliphatic hydroxyl groups is 2. The predicted molar refractivity (Wildman–Crippen MR) is 107 cm³/mol.